The van der Waals surface area contributed by atoms with Crippen molar-refractivity contribution in [2.45, 2.75) is 26.4 Å². The number of thiophene rings is 1. The monoisotopic (exact) mass is 505 g/mol. The van der Waals surface area contributed by atoms with Gasteiger partial charge in [-0.15, -0.1) is 11.3 Å². The summed E-state index contributed by atoms with van der Waals surface area (Å²) >= 11 is 1.57. The Kier molecular flexibility index (Phi) is 6.65. The highest BCUT2D eigenvalue weighted by atomic mass is 32.1. The molecule has 188 valence electrons. The summed E-state index contributed by atoms with van der Waals surface area (Å²) in [7, 11) is 1.69. The highest BCUT2D eigenvalue weighted by Crippen LogP contribution is 2.35. The van der Waals surface area contributed by atoms with Crippen molar-refractivity contribution in [1.82, 2.24) is 20.3 Å². The number of hydrogen-bond acceptors (Lipinski definition) is 10. The molecule has 0 amide bonds. The van der Waals surface area contributed by atoms with Crippen LogP contribution in [0.2, 0.25) is 0 Å². The fourth-order valence-corrected chi connectivity index (χ4v) is 5.17. The normalized spacial score (nSPS) is 14.2. The Morgan fingerprint density at radius 1 is 1.08 bits per heavy atom. The first-order chi connectivity index (χ1) is 17.3. The van der Waals surface area contributed by atoms with Crippen LogP contribution < -0.4 is 25.6 Å². The first-order valence-corrected chi connectivity index (χ1v) is 12.8. The molecule has 9 nitrogen and oxygen atoms in total. The Hall–Kier alpha value is -3.47. The van der Waals surface area contributed by atoms with E-state index in [0.717, 1.165) is 59.1 Å². The molecule has 0 saturated carbocycles. The van der Waals surface area contributed by atoms with Crippen molar-refractivity contribution >= 4 is 50.5 Å². The summed E-state index contributed by atoms with van der Waals surface area (Å²) in [5.74, 6) is 2.54. The summed E-state index contributed by atoms with van der Waals surface area (Å²) < 4.78 is 5.71. The summed E-state index contributed by atoms with van der Waals surface area (Å²) in [5, 5.41) is 23.5. The molecule has 0 radical (unpaired) electrons. The molecule has 1 aliphatic heterocycles. The average molecular weight is 506 g/mol. The summed E-state index contributed by atoms with van der Waals surface area (Å²) in [6.45, 7) is 9.28. The predicted molar refractivity (Wildman–Crippen MR) is 146 cm³/mol. The molecule has 4 aromatic rings. The zero-order valence-corrected chi connectivity index (χ0v) is 21.7. The van der Waals surface area contributed by atoms with Gasteiger partial charge in [0.2, 0.25) is 5.95 Å². The summed E-state index contributed by atoms with van der Waals surface area (Å²) in [6, 6.07) is 11.6. The number of nitrogens with one attached hydrogen (secondary N) is 3. The predicted octanol–water partition coefficient (Wildman–Crippen LogP) is 4.53. The third-order valence-electron chi connectivity index (χ3n) is 6.13. The quantitative estimate of drug-likeness (QED) is 0.288. The molecular formula is C26H31N7O2S. The molecule has 36 heavy (non-hydrogen) atoms. The summed E-state index contributed by atoms with van der Waals surface area (Å²) in [6.07, 6.45) is 0. The van der Waals surface area contributed by atoms with E-state index < -0.39 is 5.60 Å². The van der Waals surface area contributed by atoms with Crippen LogP contribution >= 0.6 is 11.3 Å². The van der Waals surface area contributed by atoms with Gasteiger partial charge < -0.3 is 30.7 Å². The van der Waals surface area contributed by atoms with Gasteiger partial charge in [0.05, 0.1) is 23.9 Å². The van der Waals surface area contributed by atoms with Crippen LogP contribution in [-0.4, -0.2) is 53.3 Å². The highest BCUT2D eigenvalue weighted by Gasteiger charge is 2.19. The Bertz CT molecular complexity index is 1380. The van der Waals surface area contributed by atoms with Crippen LogP contribution in [0, 0.1) is 6.92 Å². The molecule has 1 aliphatic rings. The number of ether oxygens (including phenoxy) is 1. The van der Waals surface area contributed by atoms with Crippen LogP contribution in [0.5, 0.6) is 5.75 Å². The second-order valence-corrected chi connectivity index (χ2v) is 10.2. The van der Waals surface area contributed by atoms with Gasteiger partial charge in [0.1, 0.15) is 27.8 Å². The molecule has 4 heterocycles. The van der Waals surface area contributed by atoms with Gasteiger partial charge in [-0.1, -0.05) is 6.07 Å². The molecule has 5 rings (SSSR count). The average Bonchev–Trinajstić information content (AvgIpc) is 3.25. The molecule has 4 N–H and O–H groups in total. The van der Waals surface area contributed by atoms with E-state index in [4.69, 9.17) is 14.7 Å². The lowest BCUT2D eigenvalue weighted by molar-refractivity contribution is 0.0740. The van der Waals surface area contributed by atoms with Crippen molar-refractivity contribution in [1.29, 1.82) is 0 Å². The van der Waals surface area contributed by atoms with Crippen LogP contribution in [-0.2, 0) is 5.60 Å². The van der Waals surface area contributed by atoms with Gasteiger partial charge in [0.25, 0.3) is 0 Å². The fourth-order valence-electron chi connectivity index (χ4n) is 4.25. The highest BCUT2D eigenvalue weighted by molar-refractivity contribution is 7.17. The molecule has 0 spiro atoms. The van der Waals surface area contributed by atoms with E-state index in [-0.39, 0.29) is 0 Å². The van der Waals surface area contributed by atoms with Gasteiger partial charge in [-0.25, -0.2) is 9.97 Å². The van der Waals surface area contributed by atoms with Crippen LogP contribution in [0.1, 0.15) is 25.1 Å². The summed E-state index contributed by atoms with van der Waals surface area (Å²) in [4.78, 5) is 17.3. The second-order valence-electron chi connectivity index (χ2n) is 9.34. The molecule has 3 aromatic heterocycles. The Labute approximate surface area is 214 Å². The standard InChI is InChI=1S/C26H31N7O2S/c1-16-15-36-24-22(16)23(30-21-7-5-6-20(29-21)26(2,3)34)31-25(32-24)28-17-8-9-18(19(14-17)35-4)33-12-10-27-11-13-33/h5-9,14-15,27,34H,10-13H2,1-4H3,(H2,28,29,30,31,32). The van der Waals surface area contributed by atoms with Crippen LogP contribution in [0.25, 0.3) is 10.2 Å². The van der Waals surface area contributed by atoms with Gasteiger partial charge in [-0.2, -0.15) is 4.98 Å². The molecule has 0 atom stereocenters. The van der Waals surface area contributed by atoms with Gasteiger partial charge in [0.15, 0.2) is 0 Å². The molecule has 1 fully saturated rings. The topological polar surface area (TPSA) is 107 Å². The number of rotatable bonds is 7. The number of nitrogens with zero attached hydrogens (tertiary/aromatic N) is 4. The SMILES string of the molecule is COc1cc(Nc2nc(Nc3cccc(C(C)(C)O)n3)c3c(C)csc3n2)ccc1N1CCNCC1. The largest absolute Gasteiger partial charge is 0.495 e. The molecule has 1 saturated heterocycles. The minimum Gasteiger partial charge on any atom is -0.495 e. The molecule has 0 bridgehead atoms. The number of anilines is 5. The maximum atomic E-state index is 10.4. The van der Waals surface area contributed by atoms with E-state index in [2.05, 4.69) is 37.3 Å². The third-order valence-corrected chi connectivity index (χ3v) is 7.12. The van der Waals surface area contributed by atoms with E-state index in [1.807, 2.05) is 31.2 Å². The maximum Gasteiger partial charge on any atom is 0.230 e. The zero-order valence-electron chi connectivity index (χ0n) is 20.9. The van der Waals surface area contributed by atoms with Crippen LogP contribution in [0.15, 0.2) is 41.8 Å². The minimum atomic E-state index is -1.04. The lowest BCUT2D eigenvalue weighted by Gasteiger charge is -2.30. The van der Waals surface area contributed by atoms with E-state index >= 15 is 0 Å². The van der Waals surface area contributed by atoms with E-state index in [1.54, 1.807) is 38.4 Å². The van der Waals surface area contributed by atoms with E-state index in [1.165, 1.54) is 0 Å². The van der Waals surface area contributed by atoms with E-state index in [0.29, 0.717) is 23.3 Å². The van der Waals surface area contributed by atoms with Crippen molar-refractivity contribution in [3.8, 4) is 5.75 Å². The lowest BCUT2D eigenvalue weighted by Crippen LogP contribution is -2.43. The van der Waals surface area contributed by atoms with Gasteiger partial charge in [-0.3, -0.25) is 0 Å². The summed E-state index contributed by atoms with van der Waals surface area (Å²) in [5.41, 5.74) is 2.54. The van der Waals surface area contributed by atoms with Crippen molar-refractivity contribution in [3.05, 3.63) is 53.0 Å². The second kappa shape index (κ2) is 9.88. The molecule has 1 aromatic carbocycles. The molecule has 0 unspecified atom stereocenters. The maximum absolute atomic E-state index is 10.4. The fraction of sp³-hybridized carbons (Fsp3) is 0.346. The Morgan fingerprint density at radius 2 is 1.89 bits per heavy atom. The van der Waals surface area contributed by atoms with Gasteiger partial charge in [0, 0.05) is 37.9 Å². The Morgan fingerprint density at radius 3 is 2.64 bits per heavy atom. The van der Waals surface area contributed by atoms with Crippen LogP contribution in [0.4, 0.5) is 29.0 Å². The Balaban J connectivity index is 1.46. The number of methoxy groups -OCH3 is 1. The number of aliphatic hydroxyl groups is 1. The first kappa shape index (κ1) is 24.2. The third kappa shape index (κ3) is 5.06. The molecule has 0 aliphatic carbocycles. The van der Waals surface area contributed by atoms with E-state index in [9.17, 15) is 5.11 Å². The van der Waals surface area contributed by atoms with Crippen molar-refractivity contribution in [2.75, 3.05) is 48.8 Å². The first-order valence-electron chi connectivity index (χ1n) is 12.0. The molecule has 10 heteroatoms. The minimum absolute atomic E-state index is 0.475. The number of piperazine rings is 1. The van der Waals surface area contributed by atoms with Gasteiger partial charge in [-0.05, 0) is 56.0 Å². The number of hydrogen-bond donors (Lipinski definition) is 4. The molecular weight excluding hydrogens is 474 g/mol. The van der Waals surface area contributed by atoms with Gasteiger partial charge >= 0.3 is 0 Å². The number of aryl methyl sites for hydroxylation is 1. The zero-order chi connectivity index (χ0) is 25.3. The smallest absolute Gasteiger partial charge is 0.230 e. The van der Waals surface area contributed by atoms with Crippen molar-refractivity contribution in [2.24, 2.45) is 0 Å². The number of benzene rings is 1. The number of pyridine rings is 1. The van der Waals surface area contributed by atoms with Crippen molar-refractivity contribution < 1.29 is 9.84 Å². The lowest BCUT2D eigenvalue weighted by atomic mass is 10.1. The number of fused-ring (bicyclic) bond motifs is 1. The van der Waals surface area contributed by atoms with Crippen LogP contribution in [0.3, 0.4) is 0 Å². The number of aromatic nitrogens is 3. The van der Waals surface area contributed by atoms with Crippen molar-refractivity contribution in [3.63, 3.8) is 0 Å².